The van der Waals surface area contributed by atoms with Crippen LogP contribution in [0.1, 0.15) is 24.2 Å². The summed E-state index contributed by atoms with van der Waals surface area (Å²) in [5, 5.41) is 7.07. The predicted octanol–water partition coefficient (Wildman–Crippen LogP) is 1.24. The molecule has 3 rings (SSSR count). The molecule has 0 amide bonds. The second-order valence-electron chi connectivity index (χ2n) is 6.69. The van der Waals surface area contributed by atoms with E-state index in [2.05, 4.69) is 20.2 Å². The van der Waals surface area contributed by atoms with E-state index in [0.717, 1.165) is 42.0 Å². The second kappa shape index (κ2) is 7.19. The van der Waals surface area contributed by atoms with E-state index in [9.17, 15) is 8.42 Å². The van der Waals surface area contributed by atoms with Crippen molar-refractivity contribution in [1.29, 1.82) is 0 Å². The number of piperidine rings is 1. The maximum Gasteiger partial charge on any atom is 0.281 e. The Morgan fingerprint density at radius 3 is 2.68 bits per heavy atom. The minimum absolute atomic E-state index is 0.260. The van der Waals surface area contributed by atoms with Gasteiger partial charge in [-0.3, -0.25) is 15.1 Å². The highest BCUT2D eigenvalue weighted by Crippen LogP contribution is 2.23. The number of H-pyrrole nitrogens is 1. The fourth-order valence-corrected chi connectivity index (χ4v) is 4.29. The summed E-state index contributed by atoms with van der Waals surface area (Å²) >= 11 is 0. The highest BCUT2D eigenvalue weighted by atomic mass is 32.2. The average Bonchev–Trinajstić information content (AvgIpc) is 3.02. The Hall–Kier alpha value is -1.84. The van der Waals surface area contributed by atoms with Gasteiger partial charge in [-0.05, 0) is 38.2 Å². The molecule has 0 saturated carbocycles. The Balaban J connectivity index is 1.66. The molecule has 1 unspecified atom stereocenters. The van der Waals surface area contributed by atoms with Gasteiger partial charge in [0.1, 0.15) is 11.4 Å². The molecule has 2 aromatic heterocycles. The Morgan fingerprint density at radius 1 is 1.28 bits per heavy atom. The van der Waals surface area contributed by atoms with Crippen molar-refractivity contribution in [3.05, 3.63) is 29.8 Å². The van der Waals surface area contributed by atoms with E-state index in [0.29, 0.717) is 13.1 Å². The van der Waals surface area contributed by atoms with Gasteiger partial charge in [0.05, 0.1) is 11.9 Å². The molecule has 1 aliphatic heterocycles. The van der Waals surface area contributed by atoms with Crippen LogP contribution in [0.15, 0.2) is 18.5 Å². The molecule has 0 aliphatic carbocycles. The van der Waals surface area contributed by atoms with E-state index in [1.54, 1.807) is 30.8 Å². The van der Waals surface area contributed by atoms with Crippen molar-refractivity contribution >= 4 is 10.2 Å². The second-order valence-corrected chi connectivity index (χ2v) is 8.83. The third-order valence-corrected chi connectivity index (χ3v) is 6.35. The number of hydrogen-bond acceptors (Lipinski definition) is 5. The van der Waals surface area contributed by atoms with E-state index in [4.69, 9.17) is 0 Å². The normalized spacial score (nSPS) is 19.4. The van der Waals surface area contributed by atoms with Crippen molar-refractivity contribution < 1.29 is 8.42 Å². The first-order valence-electron chi connectivity index (χ1n) is 8.37. The third kappa shape index (κ3) is 4.05. The van der Waals surface area contributed by atoms with Crippen molar-refractivity contribution in [2.75, 3.05) is 27.2 Å². The highest BCUT2D eigenvalue weighted by Gasteiger charge is 2.30. The summed E-state index contributed by atoms with van der Waals surface area (Å²) < 4.78 is 27.4. The zero-order valence-electron chi connectivity index (χ0n) is 14.8. The fraction of sp³-hybridized carbons (Fsp3) is 0.562. The van der Waals surface area contributed by atoms with Crippen LogP contribution in [-0.2, 0) is 16.6 Å². The molecule has 1 atom stereocenters. The smallest absolute Gasteiger partial charge is 0.281 e. The van der Waals surface area contributed by atoms with Crippen LogP contribution in [0.25, 0.3) is 11.4 Å². The first kappa shape index (κ1) is 18.0. The topological polar surface area (TPSA) is 95.1 Å². The first-order chi connectivity index (χ1) is 11.9. The van der Waals surface area contributed by atoms with Gasteiger partial charge in [0, 0.05) is 39.1 Å². The summed E-state index contributed by atoms with van der Waals surface area (Å²) in [4.78, 5) is 8.92. The fourth-order valence-electron chi connectivity index (χ4n) is 3.07. The third-order valence-electron chi connectivity index (χ3n) is 4.44. The van der Waals surface area contributed by atoms with Crippen molar-refractivity contribution in [3.63, 3.8) is 0 Å². The molecule has 0 radical (unpaired) electrons. The Labute approximate surface area is 148 Å². The SMILES string of the molecule is Cc1cc(-c2cnc(CC3CCCN(S(=O)(=O)N(C)C)C3)cn2)n[nH]1. The maximum absolute atomic E-state index is 12.3. The van der Waals surface area contributed by atoms with E-state index in [-0.39, 0.29) is 5.92 Å². The monoisotopic (exact) mass is 364 g/mol. The number of rotatable bonds is 5. The predicted molar refractivity (Wildman–Crippen MR) is 95.0 cm³/mol. The van der Waals surface area contributed by atoms with Crippen LogP contribution in [0.3, 0.4) is 0 Å². The molecule has 9 heteroatoms. The molecular formula is C16H24N6O2S. The minimum Gasteiger partial charge on any atom is -0.282 e. The molecule has 1 N–H and O–H groups in total. The lowest BCUT2D eigenvalue weighted by atomic mass is 9.95. The molecule has 136 valence electrons. The van der Waals surface area contributed by atoms with Crippen LogP contribution in [0.2, 0.25) is 0 Å². The number of nitrogens with zero attached hydrogens (tertiary/aromatic N) is 5. The minimum atomic E-state index is -3.35. The molecule has 0 spiro atoms. The standard InChI is InChI=1S/C16H24N6O2S/c1-12-7-15(20-19-12)16-10-17-14(9-18-16)8-13-5-4-6-22(11-13)25(23,24)21(2)3/h7,9-10,13H,4-6,8,11H2,1-3H3,(H,19,20). The van der Waals surface area contributed by atoms with Crippen molar-refractivity contribution in [2.24, 2.45) is 5.92 Å². The lowest BCUT2D eigenvalue weighted by Gasteiger charge is -2.33. The van der Waals surface area contributed by atoms with Gasteiger partial charge in [-0.25, -0.2) is 0 Å². The van der Waals surface area contributed by atoms with Crippen LogP contribution in [0.5, 0.6) is 0 Å². The van der Waals surface area contributed by atoms with E-state index in [1.165, 1.54) is 4.31 Å². The average molecular weight is 364 g/mol. The Bertz CT molecular complexity index is 815. The van der Waals surface area contributed by atoms with E-state index >= 15 is 0 Å². The van der Waals surface area contributed by atoms with Crippen LogP contribution in [-0.4, -0.2) is 64.4 Å². The highest BCUT2D eigenvalue weighted by molar-refractivity contribution is 7.86. The van der Waals surface area contributed by atoms with Gasteiger partial charge in [-0.1, -0.05) is 0 Å². The molecule has 8 nitrogen and oxygen atoms in total. The van der Waals surface area contributed by atoms with E-state index in [1.807, 2.05) is 13.0 Å². The molecule has 0 aromatic carbocycles. The molecule has 1 aliphatic rings. The van der Waals surface area contributed by atoms with Crippen LogP contribution >= 0.6 is 0 Å². The van der Waals surface area contributed by atoms with Crippen LogP contribution < -0.4 is 0 Å². The molecule has 1 saturated heterocycles. The Kier molecular flexibility index (Phi) is 5.16. The number of nitrogens with one attached hydrogen (secondary N) is 1. The molecular weight excluding hydrogens is 340 g/mol. The summed E-state index contributed by atoms with van der Waals surface area (Å²) in [7, 11) is -0.208. The van der Waals surface area contributed by atoms with Gasteiger partial charge < -0.3 is 0 Å². The van der Waals surface area contributed by atoms with Gasteiger partial charge in [-0.15, -0.1) is 0 Å². The summed E-state index contributed by atoms with van der Waals surface area (Å²) in [6, 6.07) is 1.93. The quantitative estimate of drug-likeness (QED) is 0.861. The molecule has 0 bridgehead atoms. The summed E-state index contributed by atoms with van der Waals surface area (Å²) in [6.07, 6.45) is 6.09. The number of hydrogen-bond donors (Lipinski definition) is 1. The molecule has 25 heavy (non-hydrogen) atoms. The van der Waals surface area contributed by atoms with Crippen molar-refractivity contribution in [1.82, 2.24) is 28.8 Å². The van der Waals surface area contributed by atoms with Gasteiger partial charge in [0.15, 0.2) is 0 Å². The molecule has 1 fully saturated rings. The molecule has 2 aromatic rings. The van der Waals surface area contributed by atoms with Gasteiger partial charge in [0.2, 0.25) is 0 Å². The van der Waals surface area contributed by atoms with Gasteiger partial charge >= 0.3 is 0 Å². The number of aromatic amines is 1. The lowest BCUT2D eigenvalue weighted by Crippen LogP contribution is -2.45. The van der Waals surface area contributed by atoms with E-state index < -0.39 is 10.2 Å². The van der Waals surface area contributed by atoms with Gasteiger partial charge in [-0.2, -0.15) is 22.1 Å². The zero-order valence-corrected chi connectivity index (χ0v) is 15.6. The number of aromatic nitrogens is 4. The largest absolute Gasteiger partial charge is 0.282 e. The van der Waals surface area contributed by atoms with Gasteiger partial charge in [0.25, 0.3) is 10.2 Å². The van der Waals surface area contributed by atoms with Crippen LogP contribution in [0.4, 0.5) is 0 Å². The maximum atomic E-state index is 12.3. The summed E-state index contributed by atoms with van der Waals surface area (Å²) in [5.74, 6) is 0.260. The van der Waals surface area contributed by atoms with Crippen molar-refractivity contribution in [2.45, 2.75) is 26.2 Å². The lowest BCUT2D eigenvalue weighted by molar-refractivity contribution is 0.253. The summed E-state index contributed by atoms with van der Waals surface area (Å²) in [5.41, 5.74) is 3.36. The first-order valence-corrected chi connectivity index (χ1v) is 9.77. The number of aryl methyl sites for hydroxylation is 1. The zero-order chi connectivity index (χ0) is 18.0. The van der Waals surface area contributed by atoms with Crippen LogP contribution in [0, 0.1) is 12.8 Å². The summed E-state index contributed by atoms with van der Waals surface area (Å²) in [6.45, 7) is 3.05. The van der Waals surface area contributed by atoms with Crippen molar-refractivity contribution in [3.8, 4) is 11.4 Å². The Morgan fingerprint density at radius 2 is 2.08 bits per heavy atom. The molecule has 3 heterocycles.